The molecule has 1 aliphatic rings. The van der Waals surface area contributed by atoms with Gasteiger partial charge in [0.1, 0.15) is 0 Å². The van der Waals surface area contributed by atoms with Gasteiger partial charge in [-0.15, -0.1) is 0 Å². The van der Waals surface area contributed by atoms with Gasteiger partial charge >= 0.3 is 11.9 Å². The zero-order valence-electron chi connectivity index (χ0n) is 19.2. The Bertz CT molecular complexity index is 991. The third-order valence-electron chi connectivity index (χ3n) is 6.36. The molecule has 0 saturated carbocycles. The molecule has 0 spiro atoms. The second kappa shape index (κ2) is 11.4. The molecule has 0 bridgehead atoms. The van der Waals surface area contributed by atoms with Crippen LogP contribution in [0.25, 0.3) is 0 Å². The van der Waals surface area contributed by atoms with Crippen molar-refractivity contribution >= 4 is 11.9 Å². The summed E-state index contributed by atoms with van der Waals surface area (Å²) in [6.45, 7) is 2.01. The van der Waals surface area contributed by atoms with Crippen molar-refractivity contribution < 1.29 is 28.6 Å². The Kier molecular flexibility index (Phi) is 8.56. The molecular formula is C27H31F2NO4. The van der Waals surface area contributed by atoms with Gasteiger partial charge in [0.05, 0.1) is 17.7 Å². The van der Waals surface area contributed by atoms with Gasteiger partial charge in [-0.25, -0.2) is 4.79 Å². The topological polar surface area (TPSA) is 77.8 Å². The fourth-order valence-electron chi connectivity index (χ4n) is 4.20. The Hall–Kier alpha value is -3.06. The maximum atomic E-state index is 14.2. The molecule has 1 aliphatic heterocycles. The van der Waals surface area contributed by atoms with E-state index < -0.39 is 36.4 Å². The number of hydrogen-bond donors (Lipinski definition) is 2. The van der Waals surface area contributed by atoms with E-state index in [4.69, 9.17) is 5.11 Å². The predicted molar refractivity (Wildman–Crippen MR) is 126 cm³/mol. The maximum absolute atomic E-state index is 14.2. The molecule has 0 aromatic heterocycles. The zero-order chi connectivity index (χ0) is 24.7. The van der Waals surface area contributed by atoms with Crippen molar-refractivity contribution in [3.05, 3.63) is 83.4 Å². The number of carbonyl (C=O) groups excluding carboxylic acids is 1. The number of alkyl halides is 2. The van der Waals surface area contributed by atoms with Crippen LogP contribution in [0.4, 0.5) is 8.78 Å². The smallest absolute Gasteiger partial charge is 0.335 e. The SMILES string of the molecule is C[C@@H](CCCc1ccccc1)[C@H](O)C=CC1CC(F)(F)C(=O)N1CCc1ccc(C(=O)O)cc1. The van der Waals surface area contributed by atoms with Crippen LogP contribution in [-0.4, -0.2) is 51.6 Å². The number of aliphatic hydroxyl groups excluding tert-OH is 1. The van der Waals surface area contributed by atoms with E-state index in [2.05, 4.69) is 12.1 Å². The number of nitrogens with zero attached hydrogens (tertiary/aromatic N) is 1. The Balaban J connectivity index is 1.55. The molecule has 2 aromatic carbocycles. The molecule has 1 amide bonds. The molecule has 0 radical (unpaired) electrons. The number of aliphatic hydroxyl groups is 1. The number of aromatic carboxylic acids is 1. The molecule has 7 heteroatoms. The highest BCUT2D eigenvalue weighted by Gasteiger charge is 2.52. The van der Waals surface area contributed by atoms with Crippen molar-refractivity contribution in [3.8, 4) is 0 Å². The van der Waals surface area contributed by atoms with Crippen molar-refractivity contribution in [2.24, 2.45) is 5.92 Å². The monoisotopic (exact) mass is 471 g/mol. The minimum absolute atomic E-state index is 0.0428. The van der Waals surface area contributed by atoms with E-state index in [0.29, 0.717) is 6.42 Å². The fourth-order valence-corrected chi connectivity index (χ4v) is 4.20. The Morgan fingerprint density at radius 3 is 2.41 bits per heavy atom. The van der Waals surface area contributed by atoms with Crippen LogP contribution in [-0.2, 0) is 17.6 Å². The van der Waals surface area contributed by atoms with Crippen LogP contribution >= 0.6 is 0 Å². The summed E-state index contributed by atoms with van der Waals surface area (Å²) in [4.78, 5) is 24.4. The summed E-state index contributed by atoms with van der Waals surface area (Å²) < 4.78 is 28.3. The number of hydrogen-bond acceptors (Lipinski definition) is 3. The van der Waals surface area contributed by atoms with Crippen LogP contribution in [0.5, 0.6) is 0 Å². The number of aryl methyl sites for hydroxylation is 1. The number of carboxylic acids is 1. The molecule has 1 heterocycles. The highest BCUT2D eigenvalue weighted by Crippen LogP contribution is 2.34. The molecular weight excluding hydrogens is 440 g/mol. The molecule has 1 unspecified atom stereocenters. The molecule has 2 aromatic rings. The standard InChI is InChI=1S/C27H31F2NO4/c1-19(6-5-9-20-7-3-2-4-8-20)24(31)15-14-23-18-27(28,29)26(34)30(23)17-16-21-10-12-22(13-11-21)25(32)33/h2-4,7-8,10-15,19,23-24,31H,5-6,9,16-18H2,1H3,(H,32,33)/t19-,23?,24+/m0/s1. The summed E-state index contributed by atoms with van der Waals surface area (Å²) in [6, 6.07) is 15.4. The third kappa shape index (κ3) is 6.73. The quantitative estimate of drug-likeness (QED) is 0.464. The van der Waals surface area contributed by atoms with Gasteiger partial charge in [-0.05, 0) is 54.9 Å². The first-order valence-corrected chi connectivity index (χ1v) is 11.6. The van der Waals surface area contributed by atoms with E-state index in [1.54, 1.807) is 12.1 Å². The average molecular weight is 472 g/mol. The van der Waals surface area contributed by atoms with Crippen LogP contribution in [0.1, 0.15) is 47.7 Å². The number of benzene rings is 2. The van der Waals surface area contributed by atoms with E-state index in [-0.39, 0.29) is 18.0 Å². The molecule has 3 rings (SSSR count). The Labute approximate surface area is 198 Å². The number of amides is 1. The molecule has 0 aliphatic carbocycles. The normalized spacial score (nSPS) is 19.5. The highest BCUT2D eigenvalue weighted by atomic mass is 19.3. The molecule has 1 saturated heterocycles. The second-order valence-corrected chi connectivity index (χ2v) is 8.96. The predicted octanol–water partition coefficient (Wildman–Crippen LogP) is 4.74. The van der Waals surface area contributed by atoms with Gasteiger partial charge in [-0.2, -0.15) is 8.78 Å². The van der Waals surface area contributed by atoms with Gasteiger partial charge < -0.3 is 15.1 Å². The van der Waals surface area contributed by atoms with E-state index in [0.717, 1.165) is 29.7 Å². The van der Waals surface area contributed by atoms with Gasteiger partial charge in [-0.3, -0.25) is 4.79 Å². The summed E-state index contributed by atoms with van der Waals surface area (Å²) in [5, 5.41) is 19.5. The minimum atomic E-state index is -3.44. The van der Waals surface area contributed by atoms with Crippen LogP contribution in [0, 0.1) is 5.92 Å². The summed E-state index contributed by atoms with van der Waals surface area (Å²) in [6.07, 6.45) is 4.57. The molecule has 34 heavy (non-hydrogen) atoms. The van der Waals surface area contributed by atoms with Crippen LogP contribution in [0.3, 0.4) is 0 Å². The number of carbonyl (C=O) groups is 2. The van der Waals surface area contributed by atoms with Gasteiger partial charge in [-0.1, -0.05) is 61.5 Å². The number of likely N-dealkylation sites (tertiary alicyclic amines) is 1. The number of halogens is 2. The van der Waals surface area contributed by atoms with E-state index >= 15 is 0 Å². The molecule has 5 nitrogen and oxygen atoms in total. The van der Waals surface area contributed by atoms with Crippen molar-refractivity contribution in [3.63, 3.8) is 0 Å². The van der Waals surface area contributed by atoms with Crippen LogP contribution < -0.4 is 0 Å². The van der Waals surface area contributed by atoms with E-state index in [1.165, 1.54) is 29.8 Å². The minimum Gasteiger partial charge on any atom is -0.478 e. The van der Waals surface area contributed by atoms with Crippen molar-refractivity contribution in [1.29, 1.82) is 0 Å². The maximum Gasteiger partial charge on any atom is 0.335 e. The van der Waals surface area contributed by atoms with Crippen molar-refractivity contribution in [2.75, 3.05) is 6.54 Å². The Morgan fingerprint density at radius 1 is 1.12 bits per heavy atom. The first kappa shape index (κ1) is 25.6. The van der Waals surface area contributed by atoms with E-state index in [1.807, 2.05) is 25.1 Å². The lowest BCUT2D eigenvalue weighted by molar-refractivity contribution is -0.148. The lowest BCUT2D eigenvalue weighted by Crippen LogP contribution is -2.37. The summed E-state index contributed by atoms with van der Waals surface area (Å²) in [5.74, 6) is -5.73. The summed E-state index contributed by atoms with van der Waals surface area (Å²) >= 11 is 0. The highest BCUT2D eigenvalue weighted by molar-refractivity contribution is 5.87. The average Bonchev–Trinajstić information content (AvgIpc) is 3.04. The second-order valence-electron chi connectivity index (χ2n) is 8.96. The largest absolute Gasteiger partial charge is 0.478 e. The molecule has 1 fully saturated rings. The number of carboxylic acid groups (broad SMARTS) is 1. The van der Waals surface area contributed by atoms with Crippen molar-refractivity contribution in [1.82, 2.24) is 4.90 Å². The lowest BCUT2D eigenvalue weighted by Gasteiger charge is -2.22. The number of rotatable bonds is 11. The van der Waals surface area contributed by atoms with Crippen LogP contribution in [0.2, 0.25) is 0 Å². The van der Waals surface area contributed by atoms with Crippen LogP contribution in [0.15, 0.2) is 66.7 Å². The fraction of sp³-hybridized carbons (Fsp3) is 0.407. The Morgan fingerprint density at radius 2 is 1.76 bits per heavy atom. The van der Waals surface area contributed by atoms with E-state index in [9.17, 15) is 23.5 Å². The zero-order valence-corrected chi connectivity index (χ0v) is 19.2. The lowest BCUT2D eigenvalue weighted by atomic mass is 9.95. The molecule has 182 valence electrons. The summed E-state index contributed by atoms with van der Waals surface area (Å²) in [5.41, 5.74) is 2.13. The van der Waals surface area contributed by atoms with Gasteiger partial charge in [0, 0.05) is 13.0 Å². The molecule has 3 atom stereocenters. The first-order valence-electron chi connectivity index (χ1n) is 11.6. The first-order chi connectivity index (χ1) is 16.2. The molecule has 2 N–H and O–H groups in total. The third-order valence-corrected chi connectivity index (χ3v) is 6.36. The van der Waals surface area contributed by atoms with Gasteiger partial charge in [0.15, 0.2) is 0 Å². The van der Waals surface area contributed by atoms with Gasteiger partial charge in [0.25, 0.3) is 5.91 Å². The van der Waals surface area contributed by atoms with Gasteiger partial charge in [0.2, 0.25) is 0 Å². The van der Waals surface area contributed by atoms with Crippen molar-refractivity contribution in [2.45, 2.75) is 57.1 Å². The summed E-state index contributed by atoms with van der Waals surface area (Å²) in [7, 11) is 0.